The minimum absolute atomic E-state index is 0.232. The molecule has 1 heterocycles. The van der Waals surface area contributed by atoms with Crippen molar-refractivity contribution in [2.45, 2.75) is 20.0 Å². The summed E-state index contributed by atoms with van der Waals surface area (Å²) >= 11 is 5.46. The summed E-state index contributed by atoms with van der Waals surface area (Å²) in [5.41, 5.74) is 3.20. The zero-order valence-corrected chi connectivity index (χ0v) is 21.7. The highest BCUT2D eigenvalue weighted by molar-refractivity contribution is 14.1. The van der Waals surface area contributed by atoms with Gasteiger partial charge >= 0.3 is 0 Å². The van der Waals surface area contributed by atoms with Crippen LogP contribution >= 0.6 is 56.9 Å². The summed E-state index contributed by atoms with van der Waals surface area (Å²) in [6, 6.07) is 12.2. The third kappa shape index (κ3) is 5.98. The van der Waals surface area contributed by atoms with E-state index < -0.39 is 0 Å². The SMILES string of the molecule is COCCCN1C(=O)S/C(=C/c2cc(I)c(OCc3ccc(C)cc3)c(I)c2)C1=O. The number of methoxy groups -OCH3 is 1. The molecule has 0 saturated carbocycles. The number of nitrogens with zero attached hydrogens (tertiary/aromatic N) is 1. The molecule has 2 amide bonds. The van der Waals surface area contributed by atoms with Gasteiger partial charge in [-0.05, 0) is 99.6 Å². The Morgan fingerprint density at radius 3 is 2.40 bits per heavy atom. The standard InChI is InChI=1S/C22H21I2NO4S/c1-14-4-6-15(7-5-14)13-29-20-17(23)10-16(11-18(20)24)12-19-21(26)25(22(27)30-19)8-3-9-28-2/h4-7,10-12H,3,8-9,13H2,1-2H3/b19-12+. The van der Waals surface area contributed by atoms with Crippen molar-refractivity contribution in [1.29, 1.82) is 0 Å². The van der Waals surface area contributed by atoms with Crippen LogP contribution in [0.25, 0.3) is 6.08 Å². The van der Waals surface area contributed by atoms with E-state index in [0.717, 1.165) is 35.8 Å². The fourth-order valence-electron chi connectivity index (χ4n) is 2.85. The number of carbonyl (C=O) groups is 2. The lowest BCUT2D eigenvalue weighted by Crippen LogP contribution is -2.29. The van der Waals surface area contributed by atoms with Gasteiger partial charge < -0.3 is 9.47 Å². The lowest BCUT2D eigenvalue weighted by molar-refractivity contribution is -0.122. The normalized spacial score (nSPS) is 15.3. The highest BCUT2D eigenvalue weighted by Gasteiger charge is 2.34. The van der Waals surface area contributed by atoms with Crippen LogP contribution in [-0.2, 0) is 16.1 Å². The van der Waals surface area contributed by atoms with E-state index in [2.05, 4.69) is 76.4 Å². The van der Waals surface area contributed by atoms with Crippen LogP contribution in [0.3, 0.4) is 0 Å². The molecule has 0 spiro atoms. The lowest BCUT2D eigenvalue weighted by atomic mass is 10.1. The van der Waals surface area contributed by atoms with Gasteiger partial charge in [-0.2, -0.15) is 0 Å². The second-order valence-electron chi connectivity index (χ2n) is 6.77. The highest BCUT2D eigenvalue weighted by atomic mass is 127. The summed E-state index contributed by atoms with van der Waals surface area (Å²) < 4.78 is 13.0. The van der Waals surface area contributed by atoms with Crippen LogP contribution in [0.2, 0.25) is 0 Å². The summed E-state index contributed by atoms with van der Waals surface area (Å²) in [5.74, 6) is 0.576. The van der Waals surface area contributed by atoms with E-state index in [9.17, 15) is 9.59 Å². The van der Waals surface area contributed by atoms with Crippen LogP contribution in [0.4, 0.5) is 4.79 Å². The molecule has 2 aromatic rings. The number of hydrogen-bond acceptors (Lipinski definition) is 5. The van der Waals surface area contributed by atoms with Crippen molar-refractivity contribution in [2.75, 3.05) is 20.3 Å². The molecular weight excluding hydrogens is 628 g/mol. The van der Waals surface area contributed by atoms with Crippen molar-refractivity contribution >= 4 is 74.2 Å². The Hall–Kier alpha value is -1.11. The van der Waals surface area contributed by atoms with Crippen molar-refractivity contribution in [3.05, 3.63) is 65.1 Å². The monoisotopic (exact) mass is 649 g/mol. The number of ether oxygens (including phenoxy) is 2. The topological polar surface area (TPSA) is 55.8 Å². The number of imide groups is 1. The zero-order chi connectivity index (χ0) is 21.7. The first-order chi connectivity index (χ1) is 14.4. The van der Waals surface area contributed by atoms with Gasteiger partial charge in [-0.25, -0.2) is 0 Å². The quantitative estimate of drug-likeness (QED) is 0.204. The maximum atomic E-state index is 12.6. The van der Waals surface area contributed by atoms with E-state index in [4.69, 9.17) is 9.47 Å². The largest absolute Gasteiger partial charge is 0.487 e. The minimum atomic E-state index is -0.245. The van der Waals surface area contributed by atoms with Crippen molar-refractivity contribution in [3.8, 4) is 5.75 Å². The van der Waals surface area contributed by atoms with E-state index in [1.54, 1.807) is 13.2 Å². The molecule has 0 bridgehead atoms. The maximum Gasteiger partial charge on any atom is 0.293 e. The number of rotatable bonds is 8. The molecule has 5 nitrogen and oxygen atoms in total. The molecule has 1 aliphatic heterocycles. The number of hydrogen-bond donors (Lipinski definition) is 0. The first-order valence-corrected chi connectivity index (χ1v) is 12.3. The van der Waals surface area contributed by atoms with Crippen molar-refractivity contribution in [1.82, 2.24) is 4.90 Å². The molecule has 3 rings (SSSR count). The predicted molar refractivity (Wildman–Crippen MR) is 137 cm³/mol. The molecular formula is C22H21I2NO4S. The Bertz CT molecular complexity index is 953. The molecule has 8 heteroatoms. The third-order valence-corrected chi connectivity index (χ3v) is 6.94. The van der Waals surface area contributed by atoms with Gasteiger partial charge in [0.2, 0.25) is 0 Å². The summed E-state index contributed by atoms with van der Waals surface area (Å²) in [4.78, 5) is 26.5. The maximum absolute atomic E-state index is 12.6. The molecule has 1 saturated heterocycles. The number of aryl methyl sites for hydroxylation is 1. The van der Waals surface area contributed by atoms with Gasteiger partial charge in [-0.3, -0.25) is 14.5 Å². The third-order valence-electron chi connectivity index (χ3n) is 4.43. The number of thioether (sulfide) groups is 1. The number of halogens is 2. The van der Waals surface area contributed by atoms with Gasteiger partial charge in [-0.1, -0.05) is 29.8 Å². The molecule has 158 valence electrons. The Balaban J connectivity index is 1.72. The first-order valence-electron chi connectivity index (χ1n) is 9.30. The van der Waals surface area contributed by atoms with Gasteiger partial charge in [0.15, 0.2) is 0 Å². The van der Waals surface area contributed by atoms with Crippen molar-refractivity contribution in [3.63, 3.8) is 0 Å². The van der Waals surface area contributed by atoms with E-state index >= 15 is 0 Å². The Labute approximate surface area is 207 Å². The minimum Gasteiger partial charge on any atom is -0.487 e. The molecule has 0 unspecified atom stereocenters. The van der Waals surface area contributed by atoms with Crippen LogP contribution in [0.5, 0.6) is 5.75 Å². The molecule has 30 heavy (non-hydrogen) atoms. The van der Waals surface area contributed by atoms with E-state index in [1.807, 2.05) is 12.1 Å². The molecule has 2 aromatic carbocycles. The summed E-state index contributed by atoms with van der Waals surface area (Å²) in [7, 11) is 1.60. The van der Waals surface area contributed by atoms with Gasteiger partial charge in [-0.15, -0.1) is 0 Å². The number of carbonyl (C=O) groups excluding carboxylic acids is 2. The average molecular weight is 649 g/mol. The molecule has 1 aliphatic rings. The van der Waals surface area contributed by atoms with Crippen molar-refractivity contribution in [2.24, 2.45) is 0 Å². The zero-order valence-electron chi connectivity index (χ0n) is 16.6. The second kappa shape index (κ2) is 11.0. The van der Waals surface area contributed by atoms with Crippen LogP contribution < -0.4 is 4.74 Å². The Morgan fingerprint density at radius 2 is 1.77 bits per heavy atom. The number of amides is 2. The van der Waals surface area contributed by atoms with Gasteiger partial charge in [0.25, 0.3) is 11.1 Å². The molecule has 0 aromatic heterocycles. The fourth-order valence-corrected chi connectivity index (χ4v) is 5.84. The van der Waals surface area contributed by atoms with Crippen LogP contribution in [-0.4, -0.2) is 36.3 Å². The van der Waals surface area contributed by atoms with E-state index in [1.165, 1.54) is 10.5 Å². The van der Waals surface area contributed by atoms with Gasteiger partial charge in [0.1, 0.15) is 12.4 Å². The molecule has 0 atom stereocenters. The van der Waals surface area contributed by atoms with Crippen LogP contribution in [0.1, 0.15) is 23.1 Å². The van der Waals surface area contributed by atoms with Crippen molar-refractivity contribution < 1.29 is 19.1 Å². The predicted octanol–water partition coefficient (Wildman–Crippen LogP) is 5.86. The van der Waals surface area contributed by atoms with E-state index in [0.29, 0.717) is 31.1 Å². The second-order valence-corrected chi connectivity index (χ2v) is 10.1. The van der Waals surface area contributed by atoms with E-state index in [-0.39, 0.29) is 11.1 Å². The highest BCUT2D eigenvalue weighted by Crippen LogP contribution is 2.35. The molecule has 1 fully saturated rings. The molecule has 0 aliphatic carbocycles. The fraction of sp³-hybridized carbons (Fsp3) is 0.273. The Morgan fingerprint density at radius 1 is 1.10 bits per heavy atom. The molecule has 0 radical (unpaired) electrons. The van der Waals surface area contributed by atoms with Crippen LogP contribution in [0.15, 0.2) is 41.3 Å². The molecule has 0 N–H and O–H groups in total. The first kappa shape index (κ1) is 23.6. The lowest BCUT2D eigenvalue weighted by Gasteiger charge is -2.12. The van der Waals surface area contributed by atoms with Crippen LogP contribution in [0, 0.1) is 14.1 Å². The summed E-state index contributed by atoms with van der Waals surface area (Å²) in [6.07, 6.45) is 2.40. The Kier molecular flexibility index (Phi) is 8.61. The van der Waals surface area contributed by atoms with Gasteiger partial charge in [0, 0.05) is 20.3 Å². The smallest absolute Gasteiger partial charge is 0.293 e. The summed E-state index contributed by atoms with van der Waals surface area (Å²) in [6.45, 7) is 3.44. The number of benzene rings is 2. The summed E-state index contributed by atoms with van der Waals surface area (Å²) in [5, 5.41) is -0.232. The van der Waals surface area contributed by atoms with Gasteiger partial charge in [0.05, 0.1) is 12.0 Å². The average Bonchev–Trinajstić information content (AvgIpc) is 2.96.